The van der Waals surface area contributed by atoms with Crippen molar-refractivity contribution < 1.29 is 40.3 Å². The van der Waals surface area contributed by atoms with Crippen LogP contribution in [0.15, 0.2) is 29.3 Å². The van der Waals surface area contributed by atoms with E-state index in [1.165, 1.54) is 0 Å². The van der Waals surface area contributed by atoms with Gasteiger partial charge >= 0.3 is 18.3 Å². The molecule has 2 bridgehead atoms. The number of alkyl halides is 6. The minimum atomic E-state index is -5.15. The molecule has 11 heteroatoms. The Morgan fingerprint density at radius 1 is 1.00 bits per heavy atom. The smallest absolute Gasteiger partial charge is 0.344 e. The molecule has 0 aliphatic heterocycles. The van der Waals surface area contributed by atoms with Crippen molar-refractivity contribution in [1.29, 1.82) is 0 Å². The van der Waals surface area contributed by atoms with E-state index in [9.17, 15) is 40.3 Å². The number of rotatable bonds is 3. The Kier molecular flexibility index (Phi) is 5.83. The molecule has 2 saturated carbocycles. The number of hydrogen-bond donors (Lipinski definition) is 2. The van der Waals surface area contributed by atoms with Gasteiger partial charge in [-0.1, -0.05) is 11.1 Å². The van der Waals surface area contributed by atoms with Crippen molar-refractivity contribution in [3.05, 3.63) is 40.7 Å². The van der Waals surface area contributed by atoms with Crippen molar-refractivity contribution >= 4 is 17.5 Å². The Bertz CT molecular complexity index is 932. The number of carbonyl (C=O) groups excluding carboxylic acids is 2. The maximum atomic E-state index is 13.5. The molecular formula is C20H19F7N2O2. The summed E-state index contributed by atoms with van der Waals surface area (Å²) in [5.41, 5.74) is -0.329. The number of benzene rings is 1. The van der Waals surface area contributed by atoms with Gasteiger partial charge in [0, 0.05) is 17.6 Å². The first-order valence-corrected chi connectivity index (χ1v) is 9.44. The van der Waals surface area contributed by atoms with E-state index in [0.29, 0.717) is 25.0 Å². The number of amides is 2. The quantitative estimate of drug-likeness (QED) is 0.510. The average Bonchev–Trinajstić information content (AvgIpc) is 3.18. The zero-order chi connectivity index (χ0) is 23.3. The van der Waals surface area contributed by atoms with Gasteiger partial charge in [0.1, 0.15) is 5.82 Å². The number of anilines is 1. The van der Waals surface area contributed by atoms with Gasteiger partial charge in [0.15, 0.2) is 0 Å². The van der Waals surface area contributed by atoms with Crippen molar-refractivity contribution in [3.63, 3.8) is 0 Å². The van der Waals surface area contributed by atoms with Crippen molar-refractivity contribution in [3.8, 4) is 0 Å². The van der Waals surface area contributed by atoms with Gasteiger partial charge in [0.05, 0.1) is 11.5 Å². The number of allylic oxidation sites excluding steroid dienone is 1. The van der Waals surface area contributed by atoms with Crippen LogP contribution in [-0.2, 0) is 15.8 Å². The summed E-state index contributed by atoms with van der Waals surface area (Å²) in [6.07, 6.45) is -9.16. The van der Waals surface area contributed by atoms with Crippen LogP contribution in [0.5, 0.6) is 0 Å². The predicted molar refractivity (Wildman–Crippen MR) is 96.1 cm³/mol. The minimum absolute atomic E-state index is 0.346. The van der Waals surface area contributed by atoms with Crippen molar-refractivity contribution in [1.82, 2.24) is 5.32 Å². The fraction of sp³-hybridized carbons (Fsp3) is 0.500. The molecule has 2 N–H and O–H groups in total. The monoisotopic (exact) mass is 452 g/mol. The van der Waals surface area contributed by atoms with Crippen LogP contribution in [0.2, 0.25) is 0 Å². The Labute approximate surface area is 172 Å². The molecule has 0 spiro atoms. The van der Waals surface area contributed by atoms with Crippen molar-refractivity contribution in [2.75, 3.05) is 5.32 Å². The van der Waals surface area contributed by atoms with E-state index in [4.69, 9.17) is 0 Å². The summed E-state index contributed by atoms with van der Waals surface area (Å²) in [5.74, 6) is -6.57. The zero-order valence-electron chi connectivity index (χ0n) is 16.4. The lowest BCUT2D eigenvalue weighted by molar-refractivity contribution is -0.175. The molecule has 3 rings (SSSR count). The van der Waals surface area contributed by atoms with Crippen LogP contribution in [0.4, 0.5) is 36.4 Å². The van der Waals surface area contributed by atoms with E-state index < -0.39 is 59.3 Å². The van der Waals surface area contributed by atoms with Gasteiger partial charge in [-0.2, -0.15) is 26.3 Å². The third-order valence-corrected chi connectivity index (χ3v) is 5.82. The summed E-state index contributed by atoms with van der Waals surface area (Å²) in [7, 11) is 0. The molecule has 2 fully saturated rings. The van der Waals surface area contributed by atoms with E-state index in [0.717, 1.165) is 17.2 Å². The highest BCUT2D eigenvalue weighted by atomic mass is 19.4. The zero-order valence-corrected chi connectivity index (χ0v) is 16.4. The van der Waals surface area contributed by atoms with Crippen molar-refractivity contribution in [2.24, 2.45) is 17.8 Å². The molecule has 4 unspecified atom stereocenters. The van der Waals surface area contributed by atoms with Crippen LogP contribution >= 0.6 is 0 Å². The molecule has 4 atom stereocenters. The Hall–Kier alpha value is -2.59. The highest BCUT2D eigenvalue weighted by molar-refractivity contribution is 5.95. The molecule has 2 aliphatic rings. The van der Waals surface area contributed by atoms with E-state index in [1.54, 1.807) is 13.8 Å². The first kappa shape index (κ1) is 23.1. The third kappa shape index (κ3) is 4.40. The maximum absolute atomic E-state index is 13.5. The number of hydrogen-bond acceptors (Lipinski definition) is 2. The van der Waals surface area contributed by atoms with Crippen LogP contribution < -0.4 is 10.6 Å². The van der Waals surface area contributed by atoms with Crippen LogP contribution in [-0.4, -0.2) is 24.0 Å². The van der Waals surface area contributed by atoms with Crippen molar-refractivity contribution in [2.45, 2.75) is 45.1 Å². The largest absolute Gasteiger partial charge is 0.471 e. The molecule has 170 valence electrons. The molecule has 31 heavy (non-hydrogen) atoms. The topological polar surface area (TPSA) is 58.2 Å². The van der Waals surface area contributed by atoms with E-state index in [-0.39, 0.29) is 5.69 Å². The predicted octanol–water partition coefficient (Wildman–Crippen LogP) is 4.82. The summed E-state index contributed by atoms with van der Waals surface area (Å²) in [5, 5.41) is 4.15. The third-order valence-electron chi connectivity index (χ3n) is 5.82. The number of fused-ring (bicyclic) bond motifs is 2. The van der Waals surface area contributed by atoms with E-state index in [1.807, 2.05) is 5.32 Å². The van der Waals surface area contributed by atoms with Gasteiger partial charge < -0.3 is 10.6 Å². The molecule has 2 aliphatic carbocycles. The molecule has 2 amide bonds. The minimum Gasteiger partial charge on any atom is -0.344 e. The number of halogens is 7. The normalized spacial score (nSPS) is 25.5. The molecule has 0 saturated heterocycles. The van der Waals surface area contributed by atoms with Gasteiger partial charge in [-0.15, -0.1) is 0 Å². The lowest BCUT2D eigenvalue weighted by Gasteiger charge is -2.30. The summed E-state index contributed by atoms with van der Waals surface area (Å²) in [6.45, 7) is 3.50. The second-order valence-corrected chi connectivity index (χ2v) is 7.95. The summed E-state index contributed by atoms with van der Waals surface area (Å²) in [6, 6.07) is 0.746. The molecule has 0 aromatic heterocycles. The van der Waals surface area contributed by atoms with Gasteiger partial charge in [-0.05, 0) is 50.8 Å². The summed E-state index contributed by atoms with van der Waals surface area (Å²) in [4.78, 5) is 24.5. The highest BCUT2D eigenvalue weighted by Crippen LogP contribution is 2.54. The Balaban J connectivity index is 1.91. The van der Waals surface area contributed by atoms with Gasteiger partial charge in [0.25, 0.3) is 0 Å². The molecular weight excluding hydrogens is 433 g/mol. The van der Waals surface area contributed by atoms with E-state index >= 15 is 0 Å². The van der Waals surface area contributed by atoms with Gasteiger partial charge in [-0.3, -0.25) is 9.59 Å². The lowest BCUT2D eigenvalue weighted by atomic mass is 9.83. The molecule has 0 heterocycles. The van der Waals surface area contributed by atoms with E-state index in [2.05, 4.69) is 5.32 Å². The number of carbonyl (C=O) groups is 2. The first-order valence-electron chi connectivity index (χ1n) is 9.44. The Morgan fingerprint density at radius 2 is 1.61 bits per heavy atom. The fourth-order valence-corrected chi connectivity index (χ4v) is 4.75. The Morgan fingerprint density at radius 3 is 2.16 bits per heavy atom. The van der Waals surface area contributed by atoms with Crippen LogP contribution in [0.25, 0.3) is 0 Å². The van der Waals surface area contributed by atoms with Gasteiger partial charge in [0.2, 0.25) is 5.91 Å². The average molecular weight is 452 g/mol. The molecule has 1 aromatic carbocycles. The van der Waals surface area contributed by atoms with Crippen LogP contribution in [0, 0.1) is 23.6 Å². The summed E-state index contributed by atoms with van der Waals surface area (Å²) >= 11 is 0. The highest BCUT2D eigenvalue weighted by Gasteiger charge is 2.56. The second kappa shape index (κ2) is 7.83. The maximum Gasteiger partial charge on any atom is 0.471 e. The van der Waals surface area contributed by atoms with Gasteiger partial charge in [-0.25, -0.2) is 4.39 Å². The lowest BCUT2D eigenvalue weighted by Crippen LogP contribution is -2.51. The van der Waals surface area contributed by atoms with Crippen LogP contribution in [0.3, 0.4) is 0 Å². The standard InChI is InChI=1S/C20H19F7N2O2/c1-8(2)14-10-4-5-11(14)16(29-18(31)20(25,26)27)15(10)17(30)28-9-3-6-13(21)12(7-9)19(22,23)24/h3,6-7,10-11,15-16H,4-5H2,1-2H3,(H,28,30)(H,29,31). The first-order chi connectivity index (χ1) is 14.2. The molecule has 1 aromatic rings. The fourth-order valence-electron chi connectivity index (χ4n) is 4.75. The molecule has 4 nitrogen and oxygen atoms in total. The summed E-state index contributed by atoms with van der Waals surface area (Å²) < 4.78 is 90.7. The number of nitrogens with one attached hydrogen (secondary N) is 2. The van der Waals surface area contributed by atoms with Crippen LogP contribution in [0.1, 0.15) is 32.3 Å². The molecule has 0 radical (unpaired) electrons. The second-order valence-electron chi connectivity index (χ2n) is 7.95. The SMILES string of the molecule is CC(C)=C1C2CCC1C(C(=O)Nc1ccc(F)c(C(F)(F)F)c1)C2NC(=O)C(F)(F)F.